The van der Waals surface area contributed by atoms with Gasteiger partial charge in [0.2, 0.25) is 0 Å². The van der Waals surface area contributed by atoms with E-state index in [1.165, 1.54) is 24.8 Å². The fourth-order valence-electron chi connectivity index (χ4n) is 6.59. The number of allylic oxidation sites excluding steroid dienone is 1. The molecule has 21 heavy (non-hydrogen) atoms. The Balaban J connectivity index is 1.69. The van der Waals surface area contributed by atoms with Gasteiger partial charge in [0, 0.05) is 6.42 Å². The molecule has 4 aliphatic rings. The van der Waals surface area contributed by atoms with E-state index in [4.69, 9.17) is 0 Å². The Bertz CT molecular complexity index is 494. The first-order valence-electron chi connectivity index (χ1n) is 8.92. The van der Waals surface area contributed by atoms with E-state index in [-0.39, 0.29) is 11.5 Å². The summed E-state index contributed by atoms with van der Waals surface area (Å²) in [4.78, 5) is 11.8. The van der Waals surface area contributed by atoms with Gasteiger partial charge in [0.05, 0.1) is 6.10 Å². The minimum absolute atomic E-state index is 0.0522. The van der Waals surface area contributed by atoms with Crippen molar-refractivity contribution >= 4 is 5.78 Å². The van der Waals surface area contributed by atoms with Crippen molar-refractivity contribution in [1.29, 1.82) is 0 Å². The average molecular weight is 288 g/mol. The van der Waals surface area contributed by atoms with E-state index in [0.29, 0.717) is 17.6 Å². The molecule has 2 heteroatoms. The molecule has 2 nitrogen and oxygen atoms in total. The summed E-state index contributed by atoms with van der Waals surface area (Å²) in [5.74, 6) is 3.81. The van der Waals surface area contributed by atoms with Crippen molar-refractivity contribution in [2.24, 2.45) is 35.0 Å². The summed E-state index contributed by atoms with van der Waals surface area (Å²) in [6.07, 6.45) is 9.61. The topological polar surface area (TPSA) is 37.3 Å². The minimum atomic E-state index is -0.0522. The van der Waals surface area contributed by atoms with Crippen molar-refractivity contribution < 1.29 is 9.90 Å². The minimum Gasteiger partial charge on any atom is -0.393 e. The zero-order valence-corrected chi connectivity index (χ0v) is 13.3. The zero-order chi connectivity index (χ0) is 14.8. The van der Waals surface area contributed by atoms with Crippen LogP contribution in [0, 0.1) is 35.0 Å². The first kappa shape index (κ1) is 14.0. The molecule has 4 aliphatic carbocycles. The van der Waals surface area contributed by atoms with E-state index >= 15 is 0 Å². The van der Waals surface area contributed by atoms with Gasteiger partial charge in [-0.1, -0.05) is 19.4 Å². The molecule has 3 fully saturated rings. The number of aliphatic hydroxyl groups excluding tert-OH is 1. The van der Waals surface area contributed by atoms with Gasteiger partial charge in [0.15, 0.2) is 5.78 Å². The average Bonchev–Trinajstić information content (AvgIpc) is 2.84. The lowest BCUT2D eigenvalue weighted by molar-refractivity contribution is -0.117. The molecule has 0 bridgehead atoms. The Hall–Kier alpha value is -0.630. The maximum absolute atomic E-state index is 11.8. The molecule has 1 unspecified atom stereocenters. The lowest BCUT2D eigenvalue weighted by atomic mass is 9.48. The van der Waals surface area contributed by atoms with Crippen LogP contribution in [0.15, 0.2) is 11.6 Å². The maximum Gasteiger partial charge on any atom is 0.155 e. The Kier molecular flexibility index (Phi) is 3.12. The molecule has 0 aromatic rings. The second kappa shape index (κ2) is 4.68. The van der Waals surface area contributed by atoms with Crippen molar-refractivity contribution in [1.82, 2.24) is 0 Å². The van der Waals surface area contributed by atoms with E-state index in [1.807, 2.05) is 6.08 Å². The summed E-state index contributed by atoms with van der Waals surface area (Å²) in [6, 6.07) is 0. The van der Waals surface area contributed by atoms with Crippen molar-refractivity contribution in [2.75, 3.05) is 0 Å². The van der Waals surface area contributed by atoms with Crippen LogP contribution in [0.25, 0.3) is 0 Å². The van der Waals surface area contributed by atoms with Crippen molar-refractivity contribution in [3.8, 4) is 0 Å². The number of rotatable bonds is 0. The van der Waals surface area contributed by atoms with Crippen LogP contribution in [0.2, 0.25) is 0 Å². The van der Waals surface area contributed by atoms with Crippen LogP contribution in [0.5, 0.6) is 0 Å². The smallest absolute Gasteiger partial charge is 0.155 e. The van der Waals surface area contributed by atoms with Gasteiger partial charge in [-0.25, -0.2) is 0 Å². The fourth-order valence-corrected chi connectivity index (χ4v) is 6.59. The van der Waals surface area contributed by atoms with Gasteiger partial charge >= 0.3 is 0 Å². The van der Waals surface area contributed by atoms with Crippen molar-refractivity contribution in [3.63, 3.8) is 0 Å². The fraction of sp³-hybridized carbons (Fsp3) is 0.842. The Labute approximate surface area is 128 Å². The summed E-state index contributed by atoms with van der Waals surface area (Å²) >= 11 is 0. The lowest BCUT2D eigenvalue weighted by Crippen LogP contribution is -2.50. The highest BCUT2D eigenvalue weighted by Crippen LogP contribution is 2.62. The van der Waals surface area contributed by atoms with E-state index in [1.54, 1.807) is 0 Å². The third-order valence-electron chi connectivity index (χ3n) is 7.61. The molecular weight excluding hydrogens is 260 g/mol. The first-order chi connectivity index (χ1) is 10.0. The van der Waals surface area contributed by atoms with Crippen LogP contribution in [0.3, 0.4) is 0 Å². The summed E-state index contributed by atoms with van der Waals surface area (Å²) in [7, 11) is 0. The molecule has 7 atom stereocenters. The second-order valence-corrected chi connectivity index (χ2v) is 8.46. The number of carbonyl (C=O) groups is 1. The largest absolute Gasteiger partial charge is 0.393 e. The Morgan fingerprint density at radius 3 is 2.81 bits per heavy atom. The van der Waals surface area contributed by atoms with Gasteiger partial charge in [-0.15, -0.1) is 0 Å². The molecule has 0 radical (unpaired) electrons. The molecule has 0 aromatic carbocycles. The highest BCUT2D eigenvalue weighted by Gasteiger charge is 2.56. The molecule has 0 aliphatic heterocycles. The summed E-state index contributed by atoms with van der Waals surface area (Å²) < 4.78 is 0. The number of fused-ring (bicyclic) bond motifs is 5. The van der Waals surface area contributed by atoms with Crippen LogP contribution in [-0.2, 0) is 4.79 Å². The molecule has 0 saturated heterocycles. The molecule has 0 heterocycles. The number of hydrogen-bond acceptors (Lipinski definition) is 2. The molecular formula is C19H28O2. The molecule has 0 amide bonds. The molecule has 4 rings (SSSR count). The highest BCUT2D eigenvalue weighted by molar-refractivity contribution is 5.91. The van der Waals surface area contributed by atoms with Crippen LogP contribution in [0.4, 0.5) is 0 Å². The second-order valence-electron chi connectivity index (χ2n) is 8.46. The monoisotopic (exact) mass is 288 g/mol. The lowest BCUT2D eigenvalue weighted by Gasteiger charge is -2.56. The van der Waals surface area contributed by atoms with Crippen molar-refractivity contribution in [2.45, 2.75) is 64.9 Å². The summed E-state index contributed by atoms with van der Waals surface area (Å²) in [6.45, 7) is 4.79. The van der Waals surface area contributed by atoms with E-state index in [2.05, 4.69) is 13.8 Å². The van der Waals surface area contributed by atoms with Gasteiger partial charge in [-0.2, -0.15) is 0 Å². The first-order valence-corrected chi connectivity index (χ1v) is 8.92. The number of ketones is 1. The normalized spacial score (nSPS) is 52.7. The Morgan fingerprint density at radius 2 is 2.00 bits per heavy atom. The quantitative estimate of drug-likeness (QED) is 0.737. The molecule has 0 spiro atoms. The predicted octanol–water partition coefficient (Wildman–Crippen LogP) is 3.74. The van der Waals surface area contributed by atoms with Gasteiger partial charge in [0.25, 0.3) is 0 Å². The van der Waals surface area contributed by atoms with E-state index < -0.39 is 0 Å². The van der Waals surface area contributed by atoms with Crippen molar-refractivity contribution in [3.05, 3.63) is 11.6 Å². The van der Waals surface area contributed by atoms with Crippen LogP contribution < -0.4 is 0 Å². The third-order valence-corrected chi connectivity index (χ3v) is 7.61. The molecule has 116 valence electrons. The van der Waals surface area contributed by atoms with Gasteiger partial charge < -0.3 is 5.11 Å². The van der Waals surface area contributed by atoms with E-state index in [0.717, 1.165) is 43.4 Å². The maximum atomic E-state index is 11.8. The Morgan fingerprint density at radius 1 is 1.19 bits per heavy atom. The number of carbonyl (C=O) groups excluding carboxylic acids is 1. The summed E-state index contributed by atoms with van der Waals surface area (Å²) in [5.41, 5.74) is 1.72. The predicted molar refractivity (Wildman–Crippen MR) is 82.6 cm³/mol. The molecule has 3 saturated carbocycles. The van der Waals surface area contributed by atoms with Gasteiger partial charge in [-0.3, -0.25) is 4.79 Å². The molecule has 0 aromatic heterocycles. The summed E-state index contributed by atoms with van der Waals surface area (Å²) in [5, 5.41) is 10.4. The van der Waals surface area contributed by atoms with Gasteiger partial charge in [-0.05, 0) is 79.6 Å². The number of aliphatic hydroxyl groups is 1. The number of hydrogen-bond donors (Lipinski definition) is 1. The van der Waals surface area contributed by atoms with Crippen LogP contribution in [-0.4, -0.2) is 17.0 Å². The molecule has 1 N–H and O–H groups in total. The standard InChI is InChI=1S/C19H28O2/c1-11-9-16-14(15-5-6-17(21)18(11)15)4-3-12-10-13(20)7-8-19(12,16)2/h10-11,14-18,21H,3-9H2,1-2H3/t11-,14+,15-,16+,17+,18?,19+/m1/s1. The van der Waals surface area contributed by atoms with Crippen LogP contribution in [0.1, 0.15) is 58.8 Å². The zero-order valence-electron chi connectivity index (χ0n) is 13.3. The van der Waals surface area contributed by atoms with Gasteiger partial charge in [0.1, 0.15) is 0 Å². The SMILES string of the molecule is C[C@@H]1C[C@H]2[C@@H](CCC3=CC(=O)CC[C@@]32C)[C@H]2CC[C@H](O)C12. The highest BCUT2D eigenvalue weighted by atomic mass is 16.3. The van der Waals surface area contributed by atoms with Crippen LogP contribution >= 0.6 is 0 Å². The third kappa shape index (κ3) is 1.91. The van der Waals surface area contributed by atoms with E-state index in [9.17, 15) is 9.90 Å².